The predicted molar refractivity (Wildman–Crippen MR) is 138 cm³/mol. The number of hydrogen-bond acceptors (Lipinski definition) is 7. The maximum absolute atomic E-state index is 12.6. The number of anilines is 1. The molecule has 1 fully saturated rings. The van der Waals surface area contributed by atoms with E-state index in [9.17, 15) is 20.2 Å². The molecule has 0 aromatic heterocycles. The molecule has 3 aromatic carbocycles. The highest BCUT2D eigenvalue weighted by Gasteiger charge is 2.23. The second-order valence-corrected chi connectivity index (χ2v) is 9.58. The summed E-state index contributed by atoms with van der Waals surface area (Å²) in [5, 5.41) is 23.0. The standard InChI is InChI=1S/C26H25N5O4S/c1-18-13-19(2)15-23(14-18)35-24-8-3-20(17-27)16-25(24)36-30-11-9-29(10-12-30)26(32)28-21-4-6-22(7-5-21)31(33)34/h3-8,13-16H,9-12H2,1-2H3,(H,28,32). The molecule has 184 valence electrons. The van der Waals surface area contributed by atoms with Crippen LogP contribution in [0.5, 0.6) is 11.5 Å². The van der Waals surface area contributed by atoms with Crippen molar-refractivity contribution in [3.05, 3.63) is 87.5 Å². The first-order chi connectivity index (χ1) is 17.3. The molecular weight excluding hydrogens is 478 g/mol. The maximum Gasteiger partial charge on any atom is 0.321 e. The Morgan fingerprint density at radius 2 is 1.69 bits per heavy atom. The highest BCUT2D eigenvalue weighted by atomic mass is 32.2. The lowest BCUT2D eigenvalue weighted by atomic mass is 10.1. The number of carbonyl (C=O) groups is 1. The molecular formula is C26H25N5O4S. The third-order valence-corrected chi connectivity index (χ3v) is 6.72. The Bertz CT molecular complexity index is 1290. The van der Waals surface area contributed by atoms with Gasteiger partial charge >= 0.3 is 6.03 Å². The van der Waals surface area contributed by atoms with Gasteiger partial charge in [0.15, 0.2) is 0 Å². The van der Waals surface area contributed by atoms with Gasteiger partial charge in [-0.25, -0.2) is 9.10 Å². The van der Waals surface area contributed by atoms with Crippen LogP contribution in [0.15, 0.2) is 65.6 Å². The minimum absolute atomic E-state index is 0.0278. The van der Waals surface area contributed by atoms with Crippen molar-refractivity contribution in [1.82, 2.24) is 9.21 Å². The molecule has 3 aromatic rings. The molecule has 2 amide bonds. The zero-order valence-corrected chi connectivity index (χ0v) is 20.7. The molecule has 0 spiro atoms. The van der Waals surface area contributed by atoms with Crippen LogP contribution in [0.3, 0.4) is 0 Å². The minimum Gasteiger partial charge on any atom is -0.456 e. The normalized spacial score (nSPS) is 13.6. The first-order valence-electron chi connectivity index (χ1n) is 11.3. The number of ether oxygens (including phenoxy) is 1. The number of hydrogen-bond donors (Lipinski definition) is 1. The van der Waals surface area contributed by atoms with Crippen LogP contribution in [0.1, 0.15) is 16.7 Å². The Hall–Kier alpha value is -4.07. The van der Waals surface area contributed by atoms with Crippen LogP contribution in [0, 0.1) is 35.3 Å². The second kappa shape index (κ2) is 11.1. The number of carbonyl (C=O) groups excluding carboxylic acids is 1. The van der Waals surface area contributed by atoms with Gasteiger partial charge in [-0.05, 0) is 79.4 Å². The van der Waals surface area contributed by atoms with Crippen LogP contribution >= 0.6 is 11.9 Å². The Balaban J connectivity index is 1.38. The molecule has 1 heterocycles. The third-order valence-electron chi connectivity index (χ3n) is 5.58. The fourth-order valence-corrected chi connectivity index (χ4v) is 4.85. The van der Waals surface area contributed by atoms with Gasteiger partial charge in [-0.2, -0.15) is 5.26 Å². The molecule has 0 atom stereocenters. The topological polar surface area (TPSA) is 112 Å². The number of nitrogens with one attached hydrogen (secondary N) is 1. The smallest absolute Gasteiger partial charge is 0.321 e. The lowest BCUT2D eigenvalue weighted by Gasteiger charge is -2.34. The van der Waals surface area contributed by atoms with Crippen molar-refractivity contribution in [2.45, 2.75) is 18.7 Å². The number of rotatable bonds is 6. The third kappa shape index (κ3) is 6.33. The molecule has 10 heteroatoms. The molecule has 1 N–H and O–H groups in total. The highest BCUT2D eigenvalue weighted by Crippen LogP contribution is 2.36. The van der Waals surface area contributed by atoms with Gasteiger partial charge in [0, 0.05) is 44.0 Å². The van der Waals surface area contributed by atoms with Crippen molar-refractivity contribution >= 4 is 29.4 Å². The fraction of sp³-hybridized carbons (Fsp3) is 0.231. The van der Waals surface area contributed by atoms with Crippen LogP contribution < -0.4 is 10.1 Å². The number of nitriles is 1. The van der Waals surface area contributed by atoms with Crippen molar-refractivity contribution in [2.24, 2.45) is 0 Å². The monoisotopic (exact) mass is 503 g/mol. The van der Waals surface area contributed by atoms with Gasteiger partial charge in [-0.3, -0.25) is 10.1 Å². The van der Waals surface area contributed by atoms with Gasteiger partial charge in [0.1, 0.15) is 11.5 Å². The molecule has 0 radical (unpaired) electrons. The molecule has 4 rings (SSSR count). The van der Waals surface area contributed by atoms with E-state index in [0.717, 1.165) is 21.8 Å². The molecule has 0 saturated carbocycles. The summed E-state index contributed by atoms with van der Waals surface area (Å²) >= 11 is 1.51. The summed E-state index contributed by atoms with van der Waals surface area (Å²) in [6.07, 6.45) is 0. The number of urea groups is 1. The number of piperazine rings is 1. The first-order valence-corrected chi connectivity index (χ1v) is 12.1. The molecule has 0 unspecified atom stereocenters. The summed E-state index contributed by atoms with van der Waals surface area (Å²) in [7, 11) is 0. The van der Waals surface area contributed by atoms with E-state index in [1.54, 1.807) is 11.0 Å². The van der Waals surface area contributed by atoms with Gasteiger partial charge in [0.05, 0.1) is 21.5 Å². The summed E-state index contributed by atoms with van der Waals surface area (Å²) in [5.74, 6) is 1.41. The number of aryl methyl sites for hydroxylation is 2. The molecule has 36 heavy (non-hydrogen) atoms. The summed E-state index contributed by atoms with van der Waals surface area (Å²) < 4.78 is 8.33. The van der Waals surface area contributed by atoms with Crippen molar-refractivity contribution in [1.29, 1.82) is 5.26 Å². The molecule has 0 aliphatic carbocycles. The van der Waals surface area contributed by atoms with Gasteiger partial charge in [0.2, 0.25) is 0 Å². The molecule has 1 aliphatic rings. The lowest BCUT2D eigenvalue weighted by molar-refractivity contribution is -0.384. The van der Waals surface area contributed by atoms with E-state index < -0.39 is 4.92 Å². The summed E-state index contributed by atoms with van der Waals surface area (Å²) in [5.41, 5.74) is 3.24. The van der Waals surface area contributed by atoms with Gasteiger partial charge in [-0.1, -0.05) is 6.07 Å². The SMILES string of the molecule is Cc1cc(C)cc(Oc2ccc(C#N)cc2SN2CCN(C(=O)Nc3ccc([N+](=O)[O-])cc3)CC2)c1. The van der Waals surface area contributed by atoms with Crippen LogP contribution in [0.2, 0.25) is 0 Å². The van der Waals surface area contributed by atoms with E-state index >= 15 is 0 Å². The maximum atomic E-state index is 12.6. The van der Waals surface area contributed by atoms with E-state index in [0.29, 0.717) is 43.2 Å². The van der Waals surface area contributed by atoms with E-state index in [2.05, 4.69) is 21.8 Å². The van der Waals surface area contributed by atoms with E-state index in [4.69, 9.17) is 4.74 Å². The number of amides is 2. The highest BCUT2D eigenvalue weighted by molar-refractivity contribution is 7.97. The number of nitro groups is 1. The average Bonchev–Trinajstić information content (AvgIpc) is 2.85. The Morgan fingerprint density at radius 1 is 1.03 bits per heavy atom. The summed E-state index contributed by atoms with van der Waals surface area (Å²) in [6.45, 7) is 6.31. The summed E-state index contributed by atoms with van der Waals surface area (Å²) in [6, 6.07) is 19.1. The molecule has 0 bridgehead atoms. The zero-order valence-electron chi connectivity index (χ0n) is 19.9. The van der Waals surface area contributed by atoms with E-state index in [1.807, 2.05) is 38.1 Å². The number of nitrogens with zero attached hydrogens (tertiary/aromatic N) is 4. The molecule has 1 saturated heterocycles. The van der Waals surface area contributed by atoms with Crippen LogP contribution in [0.4, 0.5) is 16.2 Å². The van der Waals surface area contributed by atoms with Crippen molar-refractivity contribution in [2.75, 3.05) is 31.5 Å². The fourth-order valence-electron chi connectivity index (χ4n) is 3.84. The summed E-state index contributed by atoms with van der Waals surface area (Å²) in [4.78, 5) is 25.5. The first kappa shape index (κ1) is 25.0. The quantitative estimate of drug-likeness (QED) is 0.260. The molecule has 1 aliphatic heterocycles. The Morgan fingerprint density at radius 3 is 2.31 bits per heavy atom. The molecule has 9 nitrogen and oxygen atoms in total. The zero-order chi connectivity index (χ0) is 25.7. The number of non-ortho nitro benzene ring substituents is 1. The van der Waals surface area contributed by atoms with E-state index in [-0.39, 0.29) is 11.7 Å². The number of benzene rings is 3. The lowest BCUT2D eigenvalue weighted by Crippen LogP contribution is -2.47. The van der Waals surface area contributed by atoms with Gasteiger partial charge < -0.3 is 15.0 Å². The predicted octanol–water partition coefficient (Wildman–Crippen LogP) is 5.73. The van der Waals surface area contributed by atoms with E-state index in [1.165, 1.54) is 36.2 Å². The van der Waals surface area contributed by atoms with Crippen molar-refractivity contribution in [3.8, 4) is 17.6 Å². The van der Waals surface area contributed by atoms with Gasteiger partial charge in [-0.15, -0.1) is 0 Å². The van der Waals surface area contributed by atoms with Crippen LogP contribution in [-0.2, 0) is 0 Å². The van der Waals surface area contributed by atoms with Gasteiger partial charge in [0.25, 0.3) is 5.69 Å². The Kier molecular flexibility index (Phi) is 7.73. The number of nitro benzene ring substituents is 1. The average molecular weight is 504 g/mol. The minimum atomic E-state index is -0.479. The Labute approximate surface area is 213 Å². The van der Waals surface area contributed by atoms with Crippen molar-refractivity contribution < 1.29 is 14.5 Å². The largest absolute Gasteiger partial charge is 0.456 e. The van der Waals surface area contributed by atoms with Crippen LogP contribution in [0.25, 0.3) is 0 Å². The second-order valence-electron chi connectivity index (χ2n) is 8.44. The van der Waals surface area contributed by atoms with Crippen LogP contribution in [-0.4, -0.2) is 46.3 Å². The van der Waals surface area contributed by atoms with Crippen molar-refractivity contribution in [3.63, 3.8) is 0 Å².